The minimum absolute atomic E-state index is 0.172. The summed E-state index contributed by atoms with van der Waals surface area (Å²) in [5.41, 5.74) is 0.703. The van der Waals surface area contributed by atoms with Crippen LogP contribution in [0.1, 0.15) is 19.4 Å². The first kappa shape index (κ1) is 18.6. The van der Waals surface area contributed by atoms with Crippen molar-refractivity contribution in [2.45, 2.75) is 13.8 Å². The topological polar surface area (TPSA) is 85.3 Å². The highest BCUT2D eigenvalue weighted by molar-refractivity contribution is 5.93. The number of carboxylic acid groups (broad SMARTS) is 1. The lowest BCUT2D eigenvalue weighted by Gasteiger charge is -2.21. The lowest BCUT2D eigenvalue weighted by Crippen LogP contribution is -2.37. The third-order valence-corrected chi connectivity index (χ3v) is 3.49. The second-order valence-electron chi connectivity index (χ2n) is 6.09. The number of hydrogen-bond acceptors (Lipinski definition) is 5. The van der Waals surface area contributed by atoms with E-state index in [4.69, 9.17) is 19.3 Å². The molecule has 1 aromatic rings. The number of hydrogen-bond donors (Lipinski definition) is 1. The number of amides is 1. The number of aliphatic carboxylic acids is 1. The lowest BCUT2D eigenvalue weighted by atomic mass is 10.1. The summed E-state index contributed by atoms with van der Waals surface area (Å²) in [5.74, 6) is 0.403. The van der Waals surface area contributed by atoms with Crippen LogP contribution in [0.4, 0.5) is 0 Å². The molecule has 0 aliphatic carbocycles. The normalized spacial score (nSPS) is 13.1. The molecular formula is C18H23NO6. The van der Waals surface area contributed by atoms with Gasteiger partial charge in [0.2, 0.25) is 11.7 Å². The predicted octanol–water partition coefficient (Wildman–Crippen LogP) is 2.05. The second-order valence-corrected chi connectivity index (χ2v) is 6.09. The molecule has 0 saturated carbocycles. The highest BCUT2D eigenvalue weighted by Crippen LogP contribution is 2.40. The van der Waals surface area contributed by atoms with Crippen LogP contribution in [0.5, 0.6) is 17.2 Å². The zero-order valence-electron chi connectivity index (χ0n) is 14.7. The fourth-order valence-electron chi connectivity index (χ4n) is 2.50. The molecular weight excluding hydrogens is 326 g/mol. The summed E-state index contributed by atoms with van der Waals surface area (Å²) in [6, 6.07) is 3.49. The summed E-state index contributed by atoms with van der Waals surface area (Å²) in [6.07, 6.45) is 2.97. The number of nitrogens with zero attached hydrogens (tertiary/aromatic N) is 1. The van der Waals surface area contributed by atoms with Gasteiger partial charge in [-0.25, -0.2) is 0 Å². The minimum atomic E-state index is -1.04. The summed E-state index contributed by atoms with van der Waals surface area (Å²) in [7, 11) is 1.53. The van der Waals surface area contributed by atoms with E-state index in [1.54, 1.807) is 18.2 Å². The molecule has 1 heterocycles. The van der Waals surface area contributed by atoms with Gasteiger partial charge in [0.25, 0.3) is 0 Å². The molecule has 0 bridgehead atoms. The minimum Gasteiger partial charge on any atom is -0.493 e. The number of rotatable bonds is 7. The Hall–Kier alpha value is -2.70. The van der Waals surface area contributed by atoms with Gasteiger partial charge >= 0.3 is 5.97 Å². The molecule has 136 valence electrons. The van der Waals surface area contributed by atoms with Crippen molar-refractivity contribution in [3.8, 4) is 17.2 Å². The van der Waals surface area contributed by atoms with Crippen LogP contribution in [0.25, 0.3) is 6.08 Å². The van der Waals surface area contributed by atoms with Gasteiger partial charge in [0.05, 0.1) is 7.11 Å². The van der Waals surface area contributed by atoms with Crippen LogP contribution < -0.4 is 14.2 Å². The summed E-state index contributed by atoms with van der Waals surface area (Å²) in [6.45, 7) is 4.81. The molecule has 1 amide bonds. The maximum absolute atomic E-state index is 12.3. The Bertz CT molecular complexity index is 651. The van der Waals surface area contributed by atoms with Crippen molar-refractivity contribution in [2.24, 2.45) is 5.92 Å². The van der Waals surface area contributed by atoms with Crippen molar-refractivity contribution in [2.75, 3.05) is 33.4 Å². The quantitative estimate of drug-likeness (QED) is 0.759. The molecule has 1 aliphatic rings. The first-order valence-electron chi connectivity index (χ1n) is 8.07. The van der Waals surface area contributed by atoms with E-state index >= 15 is 0 Å². The molecule has 0 fully saturated rings. The molecule has 0 atom stereocenters. The van der Waals surface area contributed by atoms with Crippen molar-refractivity contribution in [3.05, 3.63) is 23.8 Å². The van der Waals surface area contributed by atoms with Gasteiger partial charge in [-0.1, -0.05) is 13.8 Å². The smallest absolute Gasteiger partial charge is 0.323 e. The Morgan fingerprint density at radius 2 is 2.04 bits per heavy atom. The van der Waals surface area contributed by atoms with Gasteiger partial charge < -0.3 is 24.2 Å². The number of benzene rings is 1. The van der Waals surface area contributed by atoms with Crippen molar-refractivity contribution in [1.29, 1.82) is 0 Å². The lowest BCUT2D eigenvalue weighted by molar-refractivity contribution is -0.143. The van der Waals surface area contributed by atoms with Gasteiger partial charge in [-0.2, -0.15) is 0 Å². The largest absolute Gasteiger partial charge is 0.493 e. The van der Waals surface area contributed by atoms with E-state index in [0.29, 0.717) is 42.6 Å². The third-order valence-electron chi connectivity index (χ3n) is 3.49. The molecule has 0 saturated heterocycles. The zero-order chi connectivity index (χ0) is 18.4. The maximum atomic E-state index is 12.3. The Morgan fingerprint density at radius 1 is 1.32 bits per heavy atom. The van der Waals surface area contributed by atoms with E-state index in [-0.39, 0.29) is 18.4 Å². The average Bonchev–Trinajstić information content (AvgIpc) is 2.57. The number of methoxy groups -OCH3 is 1. The van der Waals surface area contributed by atoms with Crippen LogP contribution >= 0.6 is 0 Å². The van der Waals surface area contributed by atoms with E-state index < -0.39 is 5.97 Å². The Balaban J connectivity index is 2.19. The predicted molar refractivity (Wildman–Crippen MR) is 92.1 cm³/mol. The number of ether oxygens (including phenoxy) is 3. The SMILES string of the molecule is COc1cc(/C=C/C(=O)N(CC(=O)O)CC(C)C)cc2c1OCCO2. The summed E-state index contributed by atoms with van der Waals surface area (Å²) in [4.78, 5) is 24.6. The van der Waals surface area contributed by atoms with E-state index in [0.717, 1.165) is 0 Å². The molecule has 0 spiro atoms. The summed E-state index contributed by atoms with van der Waals surface area (Å²) >= 11 is 0. The van der Waals surface area contributed by atoms with Gasteiger partial charge in [-0.15, -0.1) is 0 Å². The molecule has 0 radical (unpaired) electrons. The highest BCUT2D eigenvalue weighted by Gasteiger charge is 2.19. The van der Waals surface area contributed by atoms with Gasteiger partial charge in [0.15, 0.2) is 11.5 Å². The van der Waals surface area contributed by atoms with Crippen molar-refractivity contribution >= 4 is 18.0 Å². The molecule has 0 aromatic heterocycles. The summed E-state index contributed by atoms with van der Waals surface area (Å²) < 4.78 is 16.4. The van der Waals surface area contributed by atoms with E-state index in [1.165, 1.54) is 18.1 Å². The zero-order valence-corrected chi connectivity index (χ0v) is 14.7. The molecule has 1 aliphatic heterocycles. The molecule has 2 rings (SSSR count). The van der Waals surface area contributed by atoms with Crippen LogP contribution in [0.2, 0.25) is 0 Å². The van der Waals surface area contributed by atoms with E-state index in [1.807, 2.05) is 13.8 Å². The first-order valence-corrected chi connectivity index (χ1v) is 8.07. The van der Waals surface area contributed by atoms with Crippen molar-refractivity contribution in [3.63, 3.8) is 0 Å². The molecule has 7 nitrogen and oxygen atoms in total. The molecule has 25 heavy (non-hydrogen) atoms. The van der Waals surface area contributed by atoms with Crippen LogP contribution in [0.3, 0.4) is 0 Å². The fraction of sp³-hybridized carbons (Fsp3) is 0.444. The van der Waals surface area contributed by atoms with Crippen molar-refractivity contribution < 1.29 is 28.9 Å². The Kier molecular flexibility index (Phi) is 6.27. The molecule has 7 heteroatoms. The van der Waals surface area contributed by atoms with E-state index in [9.17, 15) is 9.59 Å². The molecule has 1 N–H and O–H groups in total. The van der Waals surface area contributed by atoms with Crippen LogP contribution in [0.15, 0.2) is 18.2 Å². The third kappa shape index (κ3) is 5.14. The standard InChI is InChI=1S/C18H23NO6/c1-12(2)10-19(11-17(21)22)16(20)5-4-13-8-14(23-3)18-15(9-13)24-6-7-25-18/h4-5,8-9,12H,6-7,10-11H2,1-3H3,(H,21,22)/b5-4+. The summed E-state index contributed by atoms with van der Waals surface area (Å²) in [5, 5.41) is 8.97. The fourth-order valence-corrected chi connectivity index (χ4v) is 2.50. The highest BCUT2D eigenvalue weighted by atomic mass is 16.6. The Labute approximate surface area is 146 Å². The molecule has 0 unspecified atom stereocenters. The second kappa shape index (κ2) is 8.41. The van der Waals surface area contributed by atoms with E-state index in [2.05, 4.69) is 0 Å². The number of carbonyl (C=O) groups is 2. The Morgan fingerprint density at radius 3 is 2.68 bits per heavy atom. The van der Waals surface area contributed by atoms with Crippen LogP contribution in [0, 0.1) is 5.92 Å². The van der Waals surface area contributed by atoms with Crippen molar-refractivity contribution in [1.82, 2.24) is 4.90 Å². The number of carboxylic acids is 1. The van der Waals surface area contributed by atoms with Crippen LogP contribution in [-0.4, -0.2) is 55.3 Å². The van der Waals surface area contributed by atoms with Gasteiger partial charge in [0.1, 0.15) is 19.8 Å². The monoisotopic (exact) mass is 349 g/mol. The van der Waals surface area contributed by atoms with Gasteiger partial charge in [-0.05, 0) is 29.7 Å². The number of fused-ring (bicyclic) bond motifs is 1. The number of carbonyl (C=O) groups excluding carboxylic acids is 1. The van der Waals surface area contributed by atoms with Gasteiger partial charge in [0, 0.05) is 12.6 Å². The first-order chi connectivity index (χ1) is 11.9. The average molecular weight is 349 g/mol. The molecule has 1 aromatic carbocycles. The maximum Gasteiger partial charge on any atom is 0.323 e. The van der Waals surface area contributed by atoms with Crippen LogP contribution in [-0.2, 0) is 9.59 Å². The van der Waals surface area contributed by atoms with Gasteiger partial charge in [-0.3, -0.25) is 9.59 Å².